The van der Waals surface area contributed by atoms with Crippen molar-refractivity contribution in [3.63, 3.8) is 0 Å². The lowest BCUT2D eigenvalue weighted by atomic mass is 10.8. The van der Waals surface area contributed by atoms with Crippen molar-refractivity contribution >= 4 is 26.3 Å². The highest BCUT2D eigenvalue weighted by Crippen LogP contribution is 2.24. The van der Waals surface area contributed by atoms with Crippen LogP contribution < -0.4 is 0 Å². The van der Waals surface area contributed by atoms with Crippen LogP contribution in [-0.4, -0.2) is 76.1 Å². The van der Waals surface area contributed by atoms with Gasteiger partial charge in [0.05, 0.1) is 28.2 Å². The highest BCUT2D eigenvalue weighted by atomic mass is 32.2. The highest BCUT2D eigenvalue weighted by Gasteiger charge is 2.50. The van der Waals surface area contributed by atoms with Crippen molar-refractivity contribution in [2.24, 2.45) is 0 Å². The minimum atomic E-state index is -6.09. The fourth-order valence-electron chi connectivity index (χ4n) is 0.694. The van der Waals surface area contributed by atoms with E-state index in [1.165, 1.54) is 28.2 Å². The molecule has 0 saturated carbocycles. The average molecular weight is 398 g/mol. The molecule has 23 heavy (non-hydrogen) atoms. The van der Waals surface area contributed by atoms with E-state index in [4.69, 9.17) is 13.0 Å². The summed E-state index contributed by atoms with van der Waals surface area (Å²) >= 11 is 0. The summed E-state index contributed by atoms with van der Waals surface area (Å²) in [6, 6.07) is -0.424. The third-order valence-electron chi connectivity index (χ3n) is 1.52. The van der Waals surface area contributed by atoms with Crippen molar-refractivity contribution in [2.75, 3.05) is 28.2 Å². The summed E-state index contributed by atoms with van der Waals surface area (Å²) in [6.07, 6.45) is 0. The van der Waals surface area contributed by atoms with Gasteiger partial charge in [-0.2, -0.15) is 34.8 Å². The van der Waals surface area contributed by atoms with Crippen molar-refractivity contribution in [1.29, 1.82) is 0 Å². The third kappa shape index (κ3) is 8.21. The molecule has 0 aliphatic heterocycles. The van der Waals surface area contributed by atoms with Crippen LogP contribution in [0.4, 0.5) is 26.3 Å². The van der Waals surface area contributed by atoms with Gasteiger partial charge in [-0.15, -0.1) is 0 Å². The van der Waals surface area contributed by atoms with Crippen LogP contribution in [0.5, 0.6) is 0 Å². The second-order valence-corrected chi connectivity index (χ2v) is 6.86. The first-order chi connectivity index (χ1) is 9.74. The predicted molar refractivity (Wildman–Crippen MR) is 62.6 cm³/mol. The number of hydrogen-bond acceptors (Lipinski definition) is 6. The molecule has 0 fully saturated rings. The predicted octanol–water partition coefficient (Wildman–Crippen LogP) is 0.0937. The Morgan fingerprint density at radius 1 is 0.957 bits per heavy atom. The van der Waals surface area contributed by atoms with Gasteiger partial charge in [0.2, 0.25) is 0 Å². The number of rotatable bonds is 1. The van der Waals surface area contributed by atoms with Crippen LogP contribution in [0.2, 0.25) is 0 Å². The van der Waals surface area contributed by atoms with Crippen LogP contribution in [0.3, 0.4) is 0 Å². The molecule has 0 aromatic carbocycles. The number of alkyl halides is 6. The van der Waals surface area contributed by atoms with Gasteiger partial charge in [-0.25, -0.2) is 17.9 Å². The Bertz CT molecular complexity index is 629. The second-order valence-electron chi connectivity index (χ2n) is 3.95. The smallest absolute Gasteiger partial charge is 0.534 e. The van der Waals surface area contributed by atoms with E-state index < -0.39 is 37.3 Å². The first-order valence-electron chi connectivity index (χ1n) is 4.98. The molecule has 0 aromatic rings. The topological polar surface area (TPSA) is 107 Å². The number of hydrogen-bond donors (Lipinski definition) is 0. The minimum Gasteiger partial charge on any atom is -0.741 e. The summed E-state index contributed by atoms with van der Waals surface area (Å²) in [5.74, 6) is 0. The maximum absolute atomic E-state index is 12.0. The van der Waals surface area contributed by atoms with Gasteiger partial charge in [0.25, 0.3) is 0 Å². The zero-order chi connectivity index (χ0) is 19.4. The molecule has 0 unspecified atom stereocenters. The minimum absolute atomic E-state index is 0.424. The van der Waals surface area contributed by atoms with E-state index >= 15 is 0 Å². The fraction of sp³-hybridized carbons (Fsp3) is 0.857. The van der Waals surface area contributed by atoms with Crippen molar-refractivity contribution in [3.8, 4) is 0 Å². The first-order valence-corrected chi connectivity index (χ1v) is 7.80. The molecule has 0 spiro atoms. The van der Waals surface area contributed by atoms with Gasteiger partial charge in [0, 0.05) is 0 Å². The van der Waals surface area contributed by atoms with Gasteiger partial charge in [-0.05, 0) is 0 Å². The lowest BCUT2D eigenvalue weighted by molar-refractivity contribution is -0.478. The Morgan fingerprint density at radius 2 is 1.26 bits per heavy atom. The monoisotopic (exact) mass is 398 g/mol. The molecule has 0 bridgehead atoms. The summed E-state index contributed by atoms with van der Waals surface area (Å²) in [5, 5.41) is 0. The van der Waals surface area contributed by atoms with Crippen molar-refractivity contribution in [3.05, 3.63) is 0 Å². The summed E-state index contributed by atoms with van der Waals surface area (Å²) in [7, 11) is -6.25. The largest absolute Gasteiger partial charge is 0.741 e. The molecule has 140 valence electrons. The SMILES string of the molecule is CN(C)C(OS(=O)(=O)C(F)(F)F)=[N+](C)C.O=S(=O)([O-])C(F)(F)F. The van der Waals surface area contributed by atoms with E-state index in [0.717, 1.165) is 9.48 Å². The number of nitrogens with zero attached hydrogens (tertiary/aromatic N) is 2. The molecule has 0 saturated heterocycles. The standard InChI is InChI=1S/C6H12F3N2O3S.CHF3O3S/c1-10(2)5(11(3)4)14-15(12,13)6(7,8)9;2-1(3,4)8(5,6)7/h1-4H3;(H,5,6,7)/q+1;/p-1. The lowest BCUT2D eigenvalue weighted by Gasteiger charge is -2.12. The van der Waals surface area contributed by atoms with Crippen molar-refractivity contribution < 1.29 is 56.5 Å². The lowest BCUT2D eigenvalue weighted by Crippen LogP contribution is -2.38. The molecule has 0 N–H and O–H groups in total. The van der Waals surface area contributed by atoms with Crippen LogP contribution in [0.25, 0.3) is 0 Å². The average Bonchev–Trinajstić information content (AvgIpc) is 2.21. The summed E-state index contributed by atoms with van der Waals surface area (Å²) < 4.78 is 121. The Morgan fingerprint density at radius 3 is 1.39 bits per heavy atom. The Hall–Kier alpha value is -1.29. The molecule has 0 radical (unpaired) electrons. The van der Waals surface area contributed by atoms with Crippen LogP contribution in [0.1, 0.15) is 0 Å². The Balaban J connectivity index is 0. The van der Waals surface area contributed by atoms with Crippen LogP contribution in [0.15, 0.2) is 0 Å². The molecule has 8 nitrogen and oxygen atoms in total. The van der Waals surface area contributed by atoms with Gasteiger partial charge in [-0.3, -0.25) is 0 Å². The second kappa shape index (κ2) is 7.52. The molecule has 0 atom stereocenters. The third-order valence-corrected chi connectivity index (χ3v) is 3.02. The van der Waals surface area contributed by atoms with E-state index in [-0.39, 0.29) is 0 Å². The molecule has 0 amide bonds. The summed E-state index contributed by atoms with van der Waals surface area (Å²) in [5.41, 5.74) is -11.1. The van der Waals surface area contributed by atoms with Gasteiger partial charge in [-0.1, -0.05) is 0 Å². The maximum Gasteiger partial charge on any atom is 0.534 e. The van der Waals surface area contributed by atoms with Crippen molar-refractivity contribution in [2.45, 2.75) is 11.0 Å². The van der Waals surface area contributed by atoms with E-state index in [1.54, 1.807) is 0 Å². The van der Waals surface area contributed by atoms with Crippen LogP contribution in [0, 0.1) is 0 Å². The summed E-state index contributed by atoms with van der Waals surface area (Å²) in [6.45, 7) is 0. The zero-order valence-electron chi connectivity index (χ0n) is 11.9. The highest BCUT2D eigenvalue weighted by molar-refractivity contribution is 7.88. The molecule has 0 rings (SSSR count). The molecule has 16 heteroatoms. The van der Waals surface area contributed by atoms with Crippen LogP contribution in [-0.2, 0) is 24.4 Å². The van der Waals surface area contributed by atoms with Gasteiger partial charge in [0.1, 0.15) is 0 Å². The fourth-order valence-corrected chi connectivity index (χ4v) is 1.28. The normalized spacial score (nSPS) is 12.8. The molecule has 0 aromatic heterocycles. The molecule has 0 aliphatic carbocycles. The van der Waals surface area contributed by atoms with E-state index in [9.17, 15) is 34.8 Å². The molecular formula is C7H12F6N2O6S2. The maximum atomic E-state index is 12.0. The van der Waals surface area contributed by atoms with E-state index in [0.29, 0.717) is 0 Å². The Kier molecular flexibility index (Phi) is 7.84. The quantitative estimate of drug-likeness (QED) is 0.117. The summed E-state index contributed by atoms with van der Waals surface area (Å²) in [4.78, 5) is 1.11. The van der Waals surface area contributed by atoms with E-state index in [1.807, 2.05) is 0 Å². The van der Waals surface area contributed by atoms with E-state index in [2.05, 4.69) is 4.18 Å². The van der Waals surface area contributed by atoms with Crippen LogP contribution >= 0.6 is 0 Å². The number of halogens is 6. The van der Waals surface area contributed by atoms with Crippen molar-refractivity contribution in [1.82, 2.24) is 4.90 Å². The molecule has 0 heterocycles. The molecule has 0 aliphatic rings. The zero-order valence-corrected chi connectivity index (χ0v) is 13.6. The first kappa shape index (κ1) is 24.0. The molecular weight excluding hydrogens is 386 g/mol. The Labute approximate surface area is 127 Å². The van der Waals surface area contributed by atoms with Gasteiger partial charge >= 0.3 is 27.2 Å². The number of amidine groups is 1. The van der Waals surface area contributed by atoms with Gasteiger partial charge < -0.3 is 8.74 Å². The van der Waals surface area contributed by atoms with Gasteiger partial charge in [0.15, 0.2) is 10.1 Å².